The lowest BCUT2D eigenvalue weighted by Gasteiger charge is -2.13. The highest BCUT2D eigenvalue weighted by Gasteiger charge is 2.00. The Kier molecular flexibility index (Phi) is 3.71. The molecule has 1 heterocycles. The third-order valence-electron chi connectivity index (χ3n) is 1.74. The van der Waals surface area contributed by atoms with Gasteiger partial charge in [-0.1, -0.05) is 0 Å². The number of hydrogen-bond donors (Lipinski definition) is 1. The van der Waals surface area contributed by atoms with Crippen LogP contribution < -0.4 is 5.32 Å². The van der Waals surface area contributed by atoms with Crippen LogP contribution in [0, 0.1) is 6.92 Å². The molecule has 13 heavy (non-hydrogen) atoms. The van der Waals surface area contributed by atoms with Gasteiger partial charge in [0.05, 0.1) is 18.5 Å². The summed E-state index contributed by atoms with van der Waals surface area (Å²) in [5.74, 6) is 0. The summed E-state index contributed by atoms with van der Waals surface area (Å²) in [5.41, 5.74) is 2.07. The van der Waals surface area contributed by atoms with Crippen LogP contribution in [0.5, 0.6) is 0 Å². The van der Waals surface area contributed by atoms with Crippen molar-refractivity contribution in [2.45, 2.75) is 19.9 Å². The molecule has 1 rings (SSSR count). The van der Waals surface area contributed by atoms with Crippen molar-refractivity contribution in [2.24, 2.45) is 0 Å². The predicted molar refractivity (Wildman–Crippen MR) is 53.9 cm³/mol. The first-order chi connectivity index (χ1) is 6.22. The second-order valence-electron chi connectivity index (χ2n) is 3.19. The molecular formula is C10H16N2O. The van der Waals surface area contributed by atoms with E-state index in [2.05, 4.69) is 17.2 Å². The van der Waals surface area contributed by atoms with Gasteiger partial charge in [0.2, 0.25) is 0 Å². The first-order valence-electron chi connectivity index (χ1n) is 4.40. The number of aromatic nitrogens is 1. The van der Waals surface area contributed by atoms with Gasteiger partial charge in [-0.15, -0.1) is 0 Å². The van der Waals surface area contributed by atoms with Gasteiger partial charge in [-0.3, -0.25) is 4.98 Å². The maximum atomic E-state index is 5.02. The van der Waals surface area contributed by atoms with Crippen LogP contribution in [-0.4, -0.2) is 24.7 Å². The maximum Gasteiger partial charge on any atom is 0.0661 e. The molecule has 1 aromatic heterocycles. The Morgan fingerprint density at radius 3 is 2.85 bits per heavy atom. The van der Waals surface area contributed by atoms with Gasteiger partial charge in [0, 0.05) is 18.8 Å². The van der Waals surface area contributed by atoms with E-state index in [-0.39, 0.29) is 0 Å². The highest BCUT2D eigenvalue weighted by Crippen LogP contribution is 2.06. The van der Waals surface area contributed by atoms with Crippen LogP contribution in [-0.2, 0) is 4.74 Å². The number of methoxy groups -OCH3 is 1. The molecule has 3 heteroatoms. The van der Waals surface area contributed by atoms with E-state index in [0.717, 1.165) is 11.4 Å². The van der Waals surface area contributed by atoms with Gasteiger partial charge in [-0.2, -0.15) is 0 Å². The molecule has 0 saturated carbocycles. The summed E-state index contributed by atoms with van der Waals surface area (Å²) >= 11 is 0. The van der Waals surface area contributed by atoms with Crippen molar-refractivity contribution in [3.05, 3.63) is 24.0 Å². The van der Waals surface area contributed by atoms with Crippen molar-refractivity contribution >= 4 is 5.69 Å². The van der Waals surface area contributed by atoms with E-state index >= 15 is 0 Å². The van der Waals surface area contributed by atoms with Crippen molar-refractivity contribution in [3.8, 4) is 0 Å². The smallest absolute Gasteiger partial charge is 0.0661 e. The summed E-state index contributed by atoms with van der Waals surface area (Å²) in [6.07, 6.45) is 1.83. The minimum absolute atomic E-state index is 0.314. The van der Waals surface area contributed by atoms with Gasteiger partial charge in [0.1, 0.15) is 0 Å². The summed E-state index contributed by atoms with van der Waals surface area (Å²) in [6.45, 7) is 4.75. The maximum absolute atomic E-state index is 5.02. The van der Waals surface area contributed by atoms with E-state index in [0.29, 0.717) is 12.6 Å². The zero-order valence-electron chi connectivity index (χ0n) is 8.37. The fraction of sp³-hybridized carbons (Fsp3) is 0.500. The average Bonchev–Trinajstić information content (AvgIpc) is 2.09. The zero-order valence-corrected chi connectivity index (χ0v) is 8.37. The lowest BCUT2D eigenvalue weighted by atomic mass is 10.3. The summed E-state index contributed by atoms with van der Waals surface area (Å²) in [7, 11) is 1.70. The molecule has 0 aromatic carbocycles. The van der Waals surface area contributed by atoms with Gasteiger partial charge < -0.3 is 10.1 Å². The quantitative estimate of drug-likeness (QED) is 0.767. The number of aryl methyl sites for hydroxylation is 1. The third-order valence-corrected chi connectivity index (χ3v) is 1.74. The summed E-state index contributed by atoms with van der Waals surface area (Å²) in [6, 6.07) is 4.32. The van der Waals surface area contributed by atoms with Crippen LogP contribution in [0.2, 0.25) is 0 Å². The number of ether oxygens (including phenoxy) is 1. The topological polar surface area (TPSA) is 34.1 Å². The molecule has 0 amide bonds. The van der Waals surface area contributed by atoms with Crippen molar-refractivity contribution in [2.75, 3.05) is 19.0 Å². The molecule has 0 spiro atoms. The highest BCUT2D eigenvalue weighted by molar-refractivity contribution is 5.41. The average molecular weight is 180 g/mol. The second kappa shape index (κ2) is 4.82. The SMILES string of the molecule is COCC(C)Nc1ccc(C)nc1. The number of anilines is 1. The summed E-state index contributed by atoms with van der Waals surface area (Å²) in [5, 5.41) is 3.28. The van der Waals surface area contributed by atoms with Crippen LogP contribution in [0.4, 0.5) is 5.69 Å². The number of rotatable bonds is 4. The van der Waals surface area contributed by atoms with E-state index in [1.165, 1.54) is 0 Å². The van der Waals surface area contributed by atoms with Crippen molar-refractivity contribution < 1.29 is 4.74 Å². The second-order valence-corrected chi connectivity index (χ2v) is 3.19. The van der Waals surface area contributed by atoms with Crippen molar-refractivity contribution in [1.82, 2.24) is 4.98 Å². The van der Waals surface area contributed by atoms with Gasteiger partial charge in [0.25, 0.3) is 0 Å². The first kappa shape index (κ1) is 9.99. The Balaban J connectivity index is 2.49. The molecule has 0 saturated heterocycles. The molecule has 0 aliphatic carbocycles. The summed E-state index contributed by atoms with van der Waals surface area (Å²) < 4.78 is 5.02. The molecule has 0 radical (unpaired) electrons. The molecule has 0 aliphatic rings. The molecule has 1 aromatic rings. The minimum atomic E-state index is 0.314. The largest absolute Gasteiger partial charge is 0.383 e. The fourth-order valence-corrected chi connectivity index (χ4v) is 1.13. The molecule has 0 bridgehead atoms. The summed E-state index contributed by atoms with van der Waals surface area (Å²) in [4.78, 5) is 4.19. The Hall–Kier alpha value is -1.09. The van der Waals surface area contributed by atoms with Crippen LogP contribution in [0.15, 0.2) is 18.3 Å². The molecule has 3 nitrogen and oxygen atoms in total. The Labute approximate surface area is 79.1 Å². The normalized spacial score (nSPS) is 12.5. The van der Waals surface area contributed by atoms with E-state index in [1.807, 2.05) is 25.3 Å². The van der Waals surface area contributed by atoms with Gasteiger partial charge in [-0.25, -0.2) is 0 Å². The molecule has 72 valence electrons. The van der Waals surface area contributed by atoms with Crippen LogP contribution in [0.3, 0.4) is 0 Å². The number of nitrogens with zero attached hydrogens (tertiary/aromatic N) is 1. The van der Waals surface area contributed by atoms with E-state index in [1.54, 1.807) is 7.11 Å². The number of pyridine rings is 1. The predicted octanol–water partition coefficient (Wildman–Crippen LogP) is 1.84. The Morgan fingerprint density at radius 2 is 2.31 bits per heavy atom. The fourth-order valence-electron chi connectivity index (χ4n) is 1.13. The lowest BCUT2D eigenvalue weighted by Crippen LogP contribution is -2.20. The highest BCUT2D eigenvalue weighted by atomic mass is 16.5. The first-order valence-corrected chi connectivity index (χ1v) is 4.40. The van der Waals surface area contributed by atoms with Crippen LogP contribution >= 0.6 is 0 Å². The molecule has 0 fully saturated rings. The van der Waals surface area contributed by atoms with Crippen molar-refractivity contribution in [3.63, 3.8) is 0 Å². The Bertz CT molecular complexity index is 246. The monoisotopic (exact) mass is 180 g/mol. The number of hydrogen-bond acceptors (Lipinski definition) is 3. The van der Waals surface area contributed by atoms with Gasteiger partial charge >= 0.3 is 0 Å². The number of nitrogens with one attached hydrogen (secondary N) is 1. The molecule has 1 unspecified atom stereocenters. The van der Waals surface area contributed by atoms with E-state index in [4.69, 9.17) is 4.74 Å². The van der Waals surface area contributed by atoms with Crippen molar-refractivity contribution in [1.29, 1.82) is 0 Å². The molecule has 0 aliphatic heterocycles. The zero-order chi connectivity index (χ0) is 9.68. The van der Waals surface area contributed by atoms with Crippen LogP contribution in [0.1, 0.15) is 12.6 Å². The van der Waals surface area contributed by atoms with Crippen LogP contribution in [0.25, 0.3) is 0 Å². The Morgan fingerprint density at radius 1 is 1.54 bits per heavy atom. The van der Waals surface area contributed by atoms with Gasteiger partial charge in [-0.05, 0) is 26.0 Å². The van der Waals surface area contributed by atoms with E-state index < -0.39 is 0 Å². The third kappa shape index (κ3) is 3.42. The molecular weight excluding hydrogens is 164 g/mol. The molecule has 1 atom stereocenters. The standard InChI is InChI=1S/C10H16N2O/c1-8-4-5-10(6-11-8)12-9(2)7-13-3/h4-6,9,12H,7H2,1-3H3. The minimum Gasteiger partial charge on any atom is -0.383 e. The van der Waals surface area contributed by atoms with Gasteiger partial charge in [0.15, 0.2) is 0 Å². The lowest BCUT2D eigenvalue weighted by molar-refractivity contribution is 0.190. The van der Waals surface area contributed by atoms with E-state index in [9.17, 15) is 0 Å². The molecule has 1 N–H and O–H groups in total.